The van der Waals surface area contributed by atoms with Crippen molar-refractivity contribution in [3.8, 4) is 5.75 Å². The molecule has 2 heterocycles. The van der Waals surface area contributed by atoms with Crippen LogP contribution in [0.25, 0.3) is 0 Å². The fourth-order valence-corrected chi connectivity index (χ4v) is 3.80. The maximum absolute atomic E-state index is 12.8. The van der Waals surface area contributed by atoms with Crippen molar-refractivity contribution in [2.45, 2.75) is 20.0 Å². The summed E-state index contributed by atoms with van der Waals surface area (Å²) in [4.78, 5) is 22.2. The van der Waals surface area contributed by atoms with Crippen LogP contribution in [0.3, 0.4) is 0 Å². The number of thiazole rings is 1. The third-order valence-electron chi connectivity index (χ3n) is 4.15. The van der Waals surface area contributed by atoms with E-state index in [4.69, 9.17) is 20.9 Å². The van der Waals surface area contributed by atoms with Gasteiger partial charge in [0.05, 0.1) is 5.56 Å². The topological polar surface area (TPSA) is 90.1 Å². The van der Waals surface area contributed by atoms with Crippen molar-refractivity contribution in [3.05, 3.63) is 87.5 Å². The van der Waals surface area contributed by atoms with E-state index in [9.17, 15) is 4.79 Å². The van der Waals surface area contributed by atoms with Crippen LogP contribution in [0.2, 0.25) is 5.02 Å². The summed E-state index contributed by atoms with van der Waals surface area (Å²) in [5.74, 6) is 0.974. The Bertz CT molecular complexity index is 1170. The minimum absolute atomic E-state index is 0.0981. The molecule has 0 spiro atoms. The molecule has 4 rings (SSSR count). The molecule has 0 radical (unpaired) electrons. The first-order valence-corrected chi connectivity index (χ1v) is 10.3. The van der Waals surface area contributed by atoms with Crippen LogP contribution in [-0.4, -0.2) is 21.0 Å². The summed E-state index contributed by atoms with van der Waals surface area (Å²) >= 11 is 7.63. The normalized spacial score (nSPS) is 10.7. The molecule has 0 saturated carbocycles. The predicted molar refractivity (Wildman–Crippen MR) is 114 cm³/mol. The first-order chi connectivity index (χ1) is 14.6. The number of carbonyl (C=O) groups is 1. The number of aryl methyl sites for hydroxylation is 1. The average Bonchev–Trinajstić information content (AvgIpc) is 3.37. The number of hydrogen-bond acceptors (Lipinski definition) is 7. The van der Waals surface area contributed by atoms with E-state index >= 15 is 0 Å². The van der Waals surface area contributed by atoms with Crippen molar-refractivity contribution >= 4 is 34.0 Å². The van der Waals surface area contributed by atoms with E-state index in [1.165, 1.54) is 11.3 Å². The molecular weight excluding hydrogens is 424 g/mol. The maximum Gasteiger partial charge on any atom is 0.261 e. The smallest absolute Gasteiger partial charge is 0.261 e. The molecule has 1 amide bonds. The number of ether oxygens (including phenoxy) is 1. The standard InChI is InChI=1S/C21H17ClN4O3S/c1-13-24-19(26-29-13)12-28-18-9-5-3-7-16(18)20(27)25-21-23-11-15(30-21)10-14-6-2-4-8-17(14)22/h2-9,11H,10,12H2,1H3,(H,23,25,27). The van der Waals surface area contributed by atoms with Crippen molar-refractivity contribution in [1.29, 1.82) is 0 Å². The highest BCUT2D eigenvalue weighted by molar-refractivity contribution is 7.15. The summed E-state index contributed by atoms with van der Waals surface area (Å²) in [6.07, 6.45) is 2.39. The van der Waals surface area contributed by atoms with Crippen LogP contribution in [0.1, 0.15) is 32.5 Å². The van der Waals surface area contributed by atoms with E-state index in [1.54, 1.807) is 37.4 Å². The Labute approximate surface area is 181 Å². The molecule has 0 fully saturated rings. The maximum atomic E-state index is 12.8. The van der Waals surface area contributed by atoms with Gasteiger partial charge in [0.2, 0.25) is 11.7 Å². The number of benzene rings is 2. The van der Waals surface area contributed by atoms with Gasteiger partial charge in [0.25, 0.3) is 5.91 Å². The number of anilines is 1. The summed E-state index contributed by atoms with van der Waals surface area (Å²) < 4.78 is 10.6. The van der Waals surface area contributed by atoms with Gasteiger partial charge in [-0.15, -0.1) is 11.3 Å². The zero-order valence-electron chi connectivity index (χ0n) is 16.0. The Morgan fingerprint density at radius 1 is 1.20 bits per heavy atom. The number of aromatic nitrogens is 3. The predicted octanol–water partition coefficient (Wildman–Crippen LogP) is 4.91. The van der Waals surface area contributed by atoms with Crippen molar-refractivity contribution in [3.63, 3.8) is 0 Å². The lowest BCUT2D eigenvalue weighted by molar-refractivity contribution is 0.102. The molecule has 0 aliphatic rings. The van der Waals surface area contributed by atoms with Gasteiger partial charge >= 0.3 is 0 Å². The fraction of sp³-hybridized carbons (Fsp3) is 0.143. The molecule has 0 atom stereocenters. The first-order valence-electron chi connectivity index (χ1n) is 9.09. The van der Waals surface area contributed by atoms with Gasteiger partial charge in [-0.1, -0.05) is 47.1 Å². The Balaban J connectivity index is 1.43. The number of para-hydroxylation sites is 1. The van der Waals surface area contributed by atoms with Crippen LogP contribution >= 0.6 is 22.9 Å². The van der Waals surface area contributed by atoms with Gasteiger partial charge in [0, 0.05) is 29.4 Å². The molecule has 9 heteroatoms. The second kappa shape index (κ2) is 9.06. The lowest BCUT2D eigenvalue weighted by Gasteiger charge is -2.09. The quantitative estimate of drug-likeness (QED) is 0.439. The SMILES string of the molecule is Cc1nc(COc2ccccc2C(=O)Nc2ncc(Cc3ccccc3Cl)s2)no1. The van der Waals surface area contributed by atoms with Crippen molar-refractivity contribution < 1.29 is 14.1 Å². The van der Waals surface area contributed by atoms with E-state index in [0.29, 0.717) is 39.6 Å². The van der Waals surface area contributed by atoms with E-state index < -0.39 is 0 Å². The van der Waals surface area contributed by atoms with Gasteiger partial charge in [-0.2, -0.15) is 4.98 Å². The second-order valence-electron chi connectivity index (χ2n) is 6.37. The summed E-state index contributed by atoms with van der Waals surface area (Å²) in [5.41, 5.74) is 1.40. The molecule has 30 heavy (non-hydrogen) atoms. The third kappa shape index (κ3) is 4.84. The van der Waals surface area contributed by atoms with Gasteiger partial charge in [-0.05, 0) is 23.8 Å². The van der Waals surface area contributed by atoms with Crippen LogP contribution in [0, 0.1) is 6.92 Å². The molecule has 0 aliphatic carbocycles. The van der Waals surface area contributed by atoms with Crippen LogP contribution in [0.4, 0.5) is 5.13 Å². The molecule has 4 aromatic rings. The van der Waals surface area contributed by atoms with E-state index in [-0.39, 0.29) is 12.5 Å². The molecule has 0 saturated heterocycles. The summed E-state index contributed by atoms with van der Waals surface area (Å²) in [6.45, 7) is 1.80. The lowest BCUT2D eigenvalue weighted by atomic mass is 10.1. The molecule has 2 aromatic carbocycles. The van der Waals surface area contributed by atoms with Gasteiger partial charge in [0.15, 0.2) is 11.7 Å². The molecule has 152 valence electrons. The minimum Gasteiger partial charge on any atom is -0.485 e. The zero-order chi connectivity index (χ0) is 20.9. The van der Waals surface area contributed by atoms with Gasteiger partial charge in [-0.3, -0.25) is 10.1 Å². The number of amides is 1. The molecule has 1 N–H and O–H groups in total. The molecule has 0 bridgehead atoms. The summed E-state index contributed by atoms with van der Waals surface area (Å²) in [5, 5.41) is 7.83. The van der Waals surface area contributed by atoms with Gasteiger partial charge < -0.3 is 9.26 Å². The zero-order valence-corrected chi connectivity index (χ0v) is 17.5. The number of nitrogens with one attached hydrogen (secondary N) is 1. The van der Waals surface area contributed by atoms with Crippen molar-refractivity contribution in [2.75, 3.05) is 5.32 Å². The number of halogens is 1. The Kier molecular flexibility index (Phi) is 6.06. The van der Waals surface area contributed by atoms with Gasteiger partial charge in [-0.25, -0.2) is 4.98 Å². The molecular formula is C21H17ClN4O3S. The highest BCUT2D eigenvalue weighted by Gasteiger charge is 2.15. The molecule has 0 unspecified atom stereocenters. The van der Waals surface area contributed by atoms with Crippen molar-refractivity contribution in [2.24, 2.45) is 0 Å². The number of nitrogens with zero attached hydrogens (tertiary/aromatic N) is 3. The Morgan fingerprint density at radius 3 is 2.80 bits per heavy atom. The average molecular weight is 441 g/mol. The highest BCUT2D eigenvalue weighted by atomic mass is 35.5. The number of rotatable bonds is 7. The summed E-state index contributed by atoms with van der Waals surface area (Å²) in [7, 11) is 0. The van der Waals surface area contributed by atoms with E-state index in [1.807, 2.05) is 24.3 Å². The van der Waals surface area contributed by atoms with Gasteiger partial charge in [0.1, 0.15) is 5.75 Å². The summed E-state index contributed by atoms with van der Waals surface area (Å²) in [6, 6.07) is 14.6. The molecule has 7 nitrogen and oxygen atoms in total. The Morgan fingerprint density at radius 2 is 2.00 bits per heavy atom. The van der Waals surface area contributed by atoms with Crippen LogP contribution in [0.15, 0.2) is 59.3 Å². The third-order valence-corrected chi connectivity index (χ3v) is 5.44. The lowest BCUT2D eigenvalue weighted by Crippen LogP contribution is -2.13. The second-order valence-corrected chi connectivity index (χ2v) is 7.89. The van der Waals surface area contributed by atoms with Crippen LogP contribution < -0.4 is 10.1 Å². The highest BCUT2D eigenvalue weighted by Crippen LogP contribution is 2.26. The largest absolute Gasteiger partial charge is 0.485 e. The van der Waals surface area contributed by atoms with Crippen LogP contribution in [0.5, 0.6) is 5.75 Å². The minimum atomic E-state index is -0.312. The molecule has 0 aliphatic heterocycles. The fourth-order valence-electron chi connectivity index (χ4n) is 2.76. The molecule has 2 aromatic heterocycles. The number of hydrogen-bond donors (Lipinski definition) is 1. The monoisotopic (exact) mass is 440 g/mol. The first kappa shape index (κ1) is 20.1. The number of carbonyl (C=O) groups excluding carboxylic acids is 1. The van der Waals surface area contributed by atoms with E-state index in [2.05, 4.69) is 20.4 Å². The van der Waals surface area contributed by atoms with E-state index in [0.717, 1.165) is 10.4 Å². The van der Waals surface area contributed by atoms with Crippen molar-refractivity contribution in [1.82, 2.24) is 15.1 Å². The van der Waals surface area contributed by atoms with Crippen LogP contribution in [-0.2, 0) is 13.0 Å². The Hall–Kier alpha value is -3.23.